The van der Waals surface area contributed by atoms with Crippen LogP contribution >= 0.6 is 11.3 Å². The number of sulfonamides is 1. The summed E-state index contributed by atoms with van der Waals surface area (Å²) >= 11 is 1.16. The van der Waals surface area contributed by atoms with Gasteiger partial charge in [-0.3, -0.25) is 4.72 Å². The Morgan fingerprint density at radius 3 is 2.63 bits per heavy atom. The Morgan fingerprint density at radius 2 is 1.82 bits per heavy atom. The van der Waals surface area contributed by atoms with E-state index in [1.807, 2.05) is 48.7 Å². The lowest BCUT2D eigenvalue weighted by Crippen LogP contribution is -2.23. The van der Waals surface area contributed by atoms with Crippen LogP contribution in [0.25, 0.3) is 10.9 Å². The Hall–Kier alpha value is -3.63. The van der Waals surface area contributed by atoms with Crippen molar-refractivity contribution in [1.29, 1.82) is 0 Å². The van der Waals surface area contributed by atoms with E-state index in [4.69, 9.17) is 4.74 Å². The van der Waals surface area contributed by atoms with Crippen molar-refractivity contribution in [3.63, 3.8) is 0 Å². The molecule has 0 aliphatic rings. The molecule has 0 amide bonds. The molecule has 0 aliphatic carbocycles. The van der Waals surface area contributed by atoms with Crippen LogP contribution in [0.5, 0.6) is 5.75 Å². The van der Waals surface area contributed by atoms with Gasteiger partial charge in [-0.2, -0.15) is 0 Å². The van der Waals surface area contributed by atoms with Crippen molar-refractivity contribution in [3.8, 4) is 5.75 Å². The number of hydrogen-bond donors (Lipinski definition) is 4. The van der Waals surface area contributed by atoms with E-state index in [-0.39, 0.29) is 4.21 Å². The molecule has 5 rings (SSSR count). The lowest BCUT2D eigenvalue weighted by atomic mass is 10.1. The minimum absolute atomic E-state index is 0.247. The molecule has 0 fully saturated rings. The smallest absolute Gasteiger partial charge is 0.271 e. The Balaban J connectivity index is 1.15. The van der Waals surface area contributed by atoms with Crippen LogP contribution in [-0.2, 0) is 23.1 Å². The van der Waals surface area contributed by atoms with Crippen LogP contribution in [0.3, 0.4) is 0 Å². The van der Waals surface area contributed by atoms with Crippen molar-refractivity contribution in [1.82, 2.24) is 10.3 Å². The highest BCUT2D eigenvalue weighted by atomic mass is 32.2. The molecule has 0 aliphatic heterocycles. The van der Waals surface area contributed by atoms with Crippen LogP contribution in [0.15, 0.2) is 101 Å². The van der Waals surface area contributed by atoms with E-state index >= 15 is 0 Å². The second kappa shape index (κ2) is 11.8. The van der Waals surface area contributed by atoms with Crippen LogP contribution < -0.4 is 14.8 Å². The van der Waals surface area contributed by atoms with Crippen LogP contribution in [0.1, 0.15) is 22.8 Å². The third-order valence-electron chi connectivity index (χ3n) is 6.19. The summed E-state index contributed by atoms with van der Waals surface area (Å²) in [6.45, 7) is 1.52. The number of para-hydroxylation sites is 1. The van der Waals surface area contributed by atoms with Crippen LogP contribution in [0.4, 0.5) is 5.69 Å². The van der Waals surface area contributed by atoms with Crippen molar-refractivity contribution >= 4 is 38.0 Å². The number of H-pyrrole nitrogens is 1. The molecule has 0 radical (unpaired) electrons. The molecule has 7 nitrogen and oxygen atoms in total. The van der Waals surface area contributed by atoms with E-state index in [0.29, 0.717) is 30.9 Å². The predicted molar refractivity (Wildman–Crippen MR) is 152 cm³/mol. The number of benzene rings is 3. The van der Waals surface area contributed by atoms with Crippen molar-refractivity contribution in [2.45, 2.75) is 23.3 Å². The quantitative estimate of drug-likeness (QED) is 0.155. The summed E-state index contributed by atoms with van der Waals surface area (Å²) in [5.74, 6) is 0.815. The lowest BCUT2D eigenvalue weighted by molar-refractivity contribution is 0.175. The van der Waals surface area contributed by atoms with Gasteiger partial charge >= 0.3 is 0 Å². The molecule has 2 aromatic heterocycles. The van der Waals surface area contributed by atoms with Gasteiger partial charge in [0.25, 0.3) is 10.0 Å². The number of hydrogen-bond acceptors (Lipinski definition) is 6. The largest absolute Gasteiger partial charge is 0.487 e. The number of rotatable bonds is 12. The number of aromatic nitrogens is 1. The van der Waals surface area contributed by atoms with Gasteiger partial charge in [0.15, 0.2) is 0 Å². The zero-order valence-corrected chi connectivity index (χ0v) is 22.3. The molecular weight excluding hydrogens is 518 g/mol. The van der Waals surface area contributed by atoms with E-state index in [1.165, 1.54) is 0 Å². The molecule has 2 heterocycles. The average molecular weight is 548 g/mol. The fourth-order valence-corrected chi connectivity index (χ4v) is 6.30. The van der Waals surface area contributed by atoms with Gasteiger partial charge in [0.1, 0.15) is 16.6 Å². The first-order valence-corrected chi connectivity index (χ1v) is 14.7. The van der Waals surface area contributed by atoms with Crippen LogP contribution in [-0.4, -0.2) is 31.6 Å². The van der Waals surface area contributed by atoms with Crippen molar-refractivity contribution in [3.05, 3.63) is 113 Å². The lowest BCUT2D eigenvalue weighted by Gasteiger charge is -2.14. The van der Waals surface area contributed by atoms with E-state index < -0.39 is 16.1 Å². The molecule has 1 atom stereocenters. The minimum Gasteiger partial charge on any atom is -0.487 e. The highest BCUT2D eigenvalue weighted by Gasteiger charge is 2.16. The van der Waals surface area contributed by atoms with Crippen molar-refractivity contribution in [2.75, 3.05) is 17.8 Å². The van der Waals surface area contributed by atoms with E-state index in [9.17, 15) is 13.5 Å². The molecule has 5 aromatic rings. The number of aliphatic hydroxyl groups is 1. The fraction of sp³-hybridized carbons (Fsp3) is 0.172. The van der Waals surface area contributed by atoms with Crippen LogP contribution in [0, 0.1) is 0 Å². The molecular formula is C29H29N3O4S2. The third kappa shape index (κ3) is 6.25. The minimum atomic E-state index is -3.64. The zero-order valence-electron chi connectivity index (χ0n) is 20.6. The fourth-order valence-electron chi connectivity index (χ4n) is 4.26. The maximum atomic E-state index is 12.5. The molecule has 0 bridgehead atoms. The summed E-state index contributed by atoms with van der Waals surface area (Å²) in [4.78, 5) is 3.35. The number of aliphatic hydroxyl groups excluding tert-OH is 1. The molecule has 0 saturated carbocycles. The first-order valence-electron chi connectivity index (χ1n) is 12.3. The van der Waals surface area contributed by atoms with Crippen molar-refractivity contribution in [2.24, 2.45) is 0 Å². The Labute approximate surface area is 226 Å². The van der Waals surface area contributed by atoms with Gasteiger partial charge in [0.2, 0.25) is 0 Å². The van der Waals surface area contributed by atoms with Gasteiger partial charge in [-0.15, -0.1) is 11.3 Å². The first kappa shape index (κ1) is 26.0. The molecule has 9 heteroatoms. The predicted octanol–water partition coefficient (Wildman–Crippen LogP) is 5.47. The summed E-state index contributed by atoms with van der Waals surface area (Å²) in [6, 6.07) is 26.2. The molecule has 0 saturated heterocycles. The van der Waals surface area contributed by atoms with Gasteiger partial charge in [-0.1, -0.05) is 60.7 Å². The van der Waals surface area contributed by atoms with Gasteiger partial charge < -0.3 is 20.1 Å². The van der Waals surface area contributed by atoms with Gasteiger partial charge in [-0.25, -0.2) is 8.42 Å². The van der Waals surface area contributed by atoms with E-state index in [1.54, 1.807) is 41.8 Å². The third-order valence-corrected chi connectivity index (χ3v) is 8.97. The Bertz CT molecular complexity index is 1580. The summed E-state index contributed by atoms with van der Waals surface area (Å²) in [5, 5.41) is 16.8. The average Bonchev–Trinajstić information content (AvgIpc) is 3.62. The normalized spacial score (nSPS) is 12.4. The number of fused-ring (bicyclic) bond motifs is 1. The molecule has 0 spiro atoms. The van der Waals surface area contributed by atoms with E-state index in [0.717, 1.165) is 45.5 Å². The Morgan fingerprint density at radius 1 is 0.974 bits per heavy atom. The zero-order chi connectivity index (χ0) is 26.4. The molecule has 196 valence electrons. The number of anilines is 1. The second-order valence-corrected chi connectivity index (χ2v) is 11.8. The molecule has 38 heavy (non-hydrogen) atoms. The summed E-state index contributed by atoms with van der Waals surface area (Å²) in [7, 11) is -3.64. The monoisotopic (exact) mass is 547 g/mol. The van der Waals surface area contributed by atoms with Crippen molar-refractivity contribution < 1.29 is 18.3 Å². The molecule has 3 aromatic carbocycles. The van der Waals surface area contributed by atoms with Gasteiger partial charge in [0.05, 0.1) is 11.6 Å². The van der Waals surface area contributed by atoms with Gasteiger partial charge in [0, 0.05) is 23.8 Å². The molecule has 4 N–H and O–H groups in total. The van der Waals surface area contributed by atoms with Crippen LogP contribution in [0.2, 0.25) is 0 Å². The Kier molecular flexibility index (Phi) is 8.09. The highest BCUT2D eigenvalue weighted by molar-refractivity contribution is 7.94. The number of nitrogens with one attached hydrogen (secondary N) is 3. The first-order chi connectivity index (χ1) is 18.5. The summed E-state index contributed by atoms with van der Waals surface area (Å²) in [6.07, 6.45) is 2.00. The summed E-state index contributed by atoms with van der Waals surface area (Å²) in [5.41, 5.74) is 4.30. The number of aromatic amines is 1. The summed E-state index contributed by atoms with van der Waals surface area (Å²) < 4.78 is 33.9. The van der Waals surface area contributed by atoms with Gasteiger partial charge in [-0.05, 0) is 59.3 Å². The maximum Gasteiger partial charge on any atom is 0.271 e. The second-order valence-electron chi connectivity index (χ2n) is 8.90. The SMILES string of the molecule is O=S(=O)(Nc1cccc([C@@H](O)CNCCc2c[nH]c3c(OCc4ccccc4)cccc23)c1)c1cccs1. The topological polar surface area (TPSA) is 103 Å². The highest BCUT2D eigenvalue weighted by Crippen LogP contribution is 2.28. The van der Waals surface area contributed by atoms with E-state index in [2.05, 4.69) is 21.1 Å². The maximum absolute atomic E-state index is 12.5. The standard InChI is InChI=1S/C29H29N3O4S2/c33-26(22-9-4-10-24(17-22)32-38(34,35)28-13-6-16-37-28)19-30-15-14-23-18-31-29-25(23)11-5-12-27(29)36-20-21-7-2-1-3-8-21/h1-13,16-18,26,30-33H,14-15,19-20H2/t26-/m0/s1. The number of ether oxygens (including phenoxy) is 1. The molecule has 0 unspecified atom stereocenters. The number of thiophene rings is 1.